The van der Waals surface area contributed by atoms with Crippen LogP contribution < -0.4 is 10.6 Å². The lowest BCUT2D eigenvalue weighted by atomic mass is 9.69. The van der Waals surface area contributed by atoms with Gasteiger partial charge in [-0.25, -0.2) is 9.07 Å². The number of nitriles is 1. The summed E-state index contributed by atoms with van der Waals surface area (Å²) in [5, 5.41) is 26.4. The molecule has 0 amide bonds. The maximum absolute atomic E-state index is 13.8. The SMILES string of the molecule is [B]C(Nc1cc(Cl)c2ncc(C#N)c(NC3(C)CC3)c2c1)(c1ccc(F)cc1)c1cn(C2CC2)nn1. The Labute approximate surface area is 214 Å². The van der Waals surface area contributed by atoms with Crippen molar-refractivity contribution in [1.29, 1.82) is 5.26 Å². The van der Waals surface area contributed by atoms with Crippen LogP contribution in [-0.4, -0.2) is 33.4 Å². The normalized spacial score (nSPS) is 17.8. The van der Waals surface area contributed by atoms with Crippen molar-refractivity contribution in [3.8, 4) is 6.07 Å². The quantitative estimate of drug-likeness (QED) is 0.338. The van der Waals surface area contributed by atoms with Gasteiger partial charge in [-0.2, -0.15) is 5.26 Å². The number of hydrogen-bond acceptors (Lipinski definition) is 6. The van der Waals surface area contributed by atoms with E-state index in [0.29, 0.717) is 50.2 Å². The molecule has 2 fully saturated rings. The molecule has 36 heavy (non-hydrogen) atoms. The smallest absolute Gasteiger partial charge is 0.123 e. The van der Waals surface area contributed by atoms with Crippen LogP contribution in [-0.2, 0) is 5.44 Å². The summed E-state index contributed by atoms with van der Waals surface area (Å²) < 4.78 is 15.6. The molecule has 6 rings (SSSR count). The maximum Gasteiger partial charge on any atom is 0.123 e. The molecule has 178 valence electrons. The van der Waals surface area contributed by atoms with Gasteiger partial charge >= 0.3 is 0 Å². The molecule has 2 aliphatic rings. The monoisotopic (exact) mass is 497 g/mol. The zero-order chi connectivity index (χ0) is 25.1. The maximum atomic E-state index is 13.8. The van der Waals surface area contributed by atoms with E-state index in [1.807, 2.05) is 16.9 Å². The molecule has 2 N–H and O–H groups in total. The van der Waals surface area contributed by atoms with Gasteiger partial charge < -0.3 is 10.6 Å². The number of benzene rings is 2. The van der Waals surface area contributed by atoms with E-state index in [0.717, 1.165) is 25.7 Å². The molecule has 10 heteroatoms. The first kappa shape index (κ1) is 22.8. The summed E-state index contributed by atoms with van der Waals surface area (Å²) >= 11 is 6.68. The van der Waals surface area contributed by atoms with Crippen molar-refractivity contribution in [2.75, 3.05) is 10.6 Å². The average Bonchev–Trinajstić information content (AvgIpc) is 3.78. The molecule has 1 unspecified atom stereocenters. The molecular weight excluding hydrogens is 476 g/mol. The summed E-state index contributed by atoms with van der Waals surface area (Å²) in [6.07, 6.45) is 7.49. The Morgan fingerprint density at radius 1 is 1.25 bits per heavy atom. The van der Waals surface area contributed by atoms with Crippen LogP contribution in [0.5, 0.6) is 0 Å². The summed E-state index contributed by atoms with van der Waals surface area (Å²) in [7, 11) is 6.98. The zero-order valence-electron chi connectivity index (χ0n) is 19.6. The van der Waals surface area contributed by atoms with Gasteiger partial charge in [0.1, 0.15) is 25.4 Å². The van der Waals surface area contributed by atoms with Gasteiger partial charge in [-0.1, -0.05) is 28.9 Å². The fourth-order valence-corrected chi connectivity index (χ4v) is 4.63. The van der Waals surface area contributed by atoms with Gasteiger partial charge in [0.2, 0.25) is 0 Å². The van der Waals surface area contributed by atoms with Gasteiger partial charge in [-0.3, -0.25) is 4.98 Å². The van der Waals surface area contributed by atoms with Gasteiger partial charge in [-0.15, -0.1) is 5.10 Å². The van der Waals surface area contributed by atoms with Gasteiger partial charge in [0.25, 0.3) is 0 Å². The molecule has 4 aromatic rings. The number of fused-ring (bicyclic) bond motifs is 1. The van der Waals surface area contributed by atoms with Crippen molar-refractivity contribution in [2.24, 2.45) is 0 Å². The minimum Gasteiger partial charge on any atom is -0.378 e. The number of hydrogen-bond donors (Lipinski definition) is 2. The van der Waals surface area contributed by atoms with Crippen LogP contribution in [0.25, 0.3) is 10.9 Å². The number of rotatable bonds is 7. The minimum absolute atomic E-state index is 0.0666. The van der Waals surface area contributed by atoms with Crippen LogP contribution in [0.15, 0.2) is 48.8 Å². The molecule has 0 aliphatic heterocycles. The Morgan fingerprint density at radius 3 is 2.67 bits per heavy atom. The molecule has 0 spiro atoms. The molecule has 2 heterocycles. The van der Waals surface area contributed by atoms with Crippen LogP contribution in [0.2, 0.25) is 5.02 Å². The minimum atomic E-state index is -1.33. The highest BCUT2D eigenvalue weighted by atomic mass is 35.5. The highest BCUT2D eigenvalue weighted by Crippen LogP contribution is 2.43. The van der Waals surface area contributed by atoms with Crippen molar-refractivity contribution in [3.63, 3.8) is 0 Å². The standard InChI is InChI=1S/C26H22BClFN7/c1-25(8-9-25)33-23-15(12-30)13-31-24-20(23)10-18(11-21(24)28)32-26(27,16-2-4-17(29)5-3-16)22-14-36(35-34-22)19-6-7-19/h2-5,10-11,13-14,19,32H,6-9H2,1H3,(H,31,33). The third kappa shape index (κ3) is 4.05. The van der Waals surface area contributed by atoms with Crippen LogP contribution >= 0.6 is 11.6 Å². The van der Waals surface area contributed by atoms with E-state index in [1.165, 1.54) is 18.3 Å². The third-order valence-electron chi connectivity index (χ3n) is 6.95. The Bertz CT molecular complexity index is 1520. The molecule has 2 saturated carbocycles. The Morgan fingerprint density at radius 2 is 2.00 bits per heavy atom. The number of halogens is 2. The van der Waals surface area contributed by atoms with Gasteiger partial charge in [-0.05, 0) is 62.4 Å². The molecule has 2 aromatic carbocycles. The van der Waals surface area contributed by atoms with E-state index >= 15 is 0 Å². The average molecular weight is 498 g/mol. The van der Waals surface area contributed by atoms with Crippen LogP contribution in [0, 0.1) is 17.1 Å². The summed E-state index contributed by atoms with van der Waals surface area (Å²) in [6, 6.07) is 12.1. The fraction of sp³-hybridized carbons (Fsp3) is 0.308. The first-order valence-electron chi connectivity index (χ1n) is 11.8. The fourth-order valence-electron chi connectivity index (χ4n) is 4.36. The highest BCUT2D eigenvalue weighted by molar-refractivity contribution is 6.36. The Balaban J connectivity index is 1.47. The van der Waals surface area contributed by atoms with Crippen LogP contribution in [0.1, 0.15) is 55.5 Å². The van der Waals surface area contributed by atoms with Crippen LogP contribution in [0.3, 0.4) is 0 Å². The van der Waals surface area contributed by atoms with Crippen molar-refractivity contribution in [2.45, 2.75) is 49.6 Å². The number of pyridine rings is 1. The Kier molecular flexibility index (Phi) is 5.20. The van der Waals surface area contributed by atoms with Gasteiger partial charge in [0.15, 0.2) is 0 Å². The highest BCUT2D eigenvalue weighted by Gasteiger charge is 2.38. The van der Waals surface area contributed by atoms with E-state index in [9.17, 15) is 9.65 Å². The predicted octanol–water partition coefficient (Wildman–Crippen LogP) is 5.27. The molecule has 2 aromatic heterocycles. The summed E-state index contributed by atoms with van der Waals surface area (Å²) in [4.78, 5) is 4.44. The predicted molar refractivity (Wildman–Crippen MR) is 138 cm³/mol. The molecule has 2 aliphatic carbocycles. The summed E-state index contributed by atoms with van der Waals surface area (Å²) in [5.74, 6) is -0.365. The zero-order valence-corrected chi connectivity index (χ0v) is 20.3. The van der Waals surface area contributed by atoms with Crippen LogP contribution in [0.4, 0.5) is 15.8 Å². The second-order valence-electron chi connectivity index (χ2n) is 9.95. The largest absolute Gasteiger partial charge is 0.378 e. The first-order chi connectivity index (χ1) is 17.3. The van der Waals surface area contributed by atoms with Crippen molar-refractivity contribution >= 4 is 41.7 Å². The molecule has 0 saturated heterocycles. The summed E-state index contributed by atoms with van der Waals surface area (Å²) in [6.45, 7) is 2.12. The number of anilines is 2. The molecule has 0 bridgehead atoms. The van der Waals surface area contributed by atoms with Gasteiger partial charge in [0, 0.05) is 22.8 Å². The molecule has 2 radical (unpaired) electrons. The second kappa shape index (κ2) is 8.21. The van der Waals surface area contributed by atoms with Crippen molar-refractivity contribution < 1.29 is 4.39 Å². The lowest BCUT2D eigenvalue weighted by molar-refractivity contribution is 0.610. The van der Waals surface area contributed by atoms with Gasteiger partial charge in [0.05, 0.1) is 39.5 Å². The molecule has 7 nitrogen and oxygen atoms in total. The summed E-state index contributed by atoms with van der Waals surface area (Å²) in [5.41, 5.74) is 2.02. The number of aromatic nitrogens is 4. The van der Waals surface area contributed by atoms with E-state index in [1.54, 1.807) is 18.2 Å². The Hall–Kier alpha value is -3.64. The van der Waals surface area contributed by atoms with E-state index in [4.69, 9.17) is 19.4 Å². The van der Waals surface area contributed by atoms with E-state index in [2.05, 4.69) is 38.9 Å². The van der Waals surface area contributed by atoms with Crippen molar-refractivity contribution in [1.82, 2.24) is 20.0 Å². The lowest BCUT2D eigenvalue weighted by Crippen LogP contribution is -2.37. The molecule has 1 atom stereocenters. The molecular formula is C26H22BClFN7. The number of nitrogens with one attached hydrogen (secondary N) is 2. The van der Waals surface area contributed by atoms with Crippen molar-refractivity contribution in [3.05, 3.63) is 76.5 Å². The second-order valence-corrected chi connectivity index (χ2v) is 10.4. The van der Waals surface area contributed by atoms with E-state index < -0.39 is 5.44 Å². The lowest BCUT2D eigenvalue weighted by Gasteiger charge is -2.32. The first-order valence-corrected chi connectivity index (χ1v) is 12.2. The van der Waals surface area contributed by atoms with E-state index in [-0.39, 0.29) is 11.4 Å². The number of nitrogens with zero attached hydrogens (tertiary/aromatic N) is 5. The third-order valence-corrected chi connectivity index (χ3v) is 7.24. The topological polar surface area (TPSA) is 91.5 Å².